The van der Waals surface area contributed by atoms with E-state index in [9.17, 15) is 4.79 Å². The van der Waals surface area contributed by atoms with Crippen LogP contribution in [0.15, 0.2) is 0 Å². The predicted molar refractivity (Wildman–Crippen MR) is 89.4 cm³/mol. The SMILES string of the molecule is CCC1CCCN(CC2CC(C(C)(C)C)CCC2=O)CC1. The molecule has 1 aliphatic carbocycles. The Morgan fingerprint density at radius 2 is 1.90 bits per heavy atom. The van der Waals surface area contributed by atoms with Crippen LogP contribution in [0.4, 0.5) is 0 Å². The second kappa shape index (κ2) is 7.26. The Hall–Kier alpha value is -0.370. The van der Waals surface area contributed by atoms with Crippen LogP contribution in [0.2, 0.25) is 0 Å². The monoisotopic (exact) mass is 293 g/mol. The molecule has 0 amide bonds. The lowest BCUT2D eigenvalue weighted by Crippen LogP contribution is -2.39. The van der Waals surface area contributed by atoms with Gasteiger partial charge in [-0.3, -0.25) is 4.79 Å². The molecule has 2 aliphatic rings. The highest BCUT2D eigenvalue weighted by Gasteiger charge is 2.35. The molecule has 2 nitrogen and oxygen atoms in total. The van der Waals surface area contributed by atoms with Crippen molar-refractivity contribution in [3.8, 4) is 0 Å². The topological polar surface area (TPSA) is 20.3 Å². The first-order valence-electron chi connectivity index (χ1n) is 9.15. The maximum absolute atomic E-state index is 12.3. The van der Waals surface area contributed by atoms with E-state index in [1.54, 1.807) is 0 Å². The number of carbonyl (C=O) groups excluding carboxylic acids is 1. The third-order valence-electron chi connectivity index (χ3n) is 5.98. The van der Waals surface area contributed by atoms with Crippen LogP contribution in [-0.4, -0.2) is 30.3 Å². The van der Waals surface area contributed by atoms with Crippen LogP contribution in [0.25, 0.3) is 0 Å². The second-order valence-corrected chi connectivity index (χ2v) is 8.51. The van der Waals surface area contributed by atoms with E-state index < -0.39 is 0 Å². The summed E-state index contributed by atoms with van der Waals surface area (Å²) in [7, 11) is 0. The zero-order valence-corrected chi connectivity index (χ0v) is 14.7. The third kappa shape index (κ3) is 4.81. The summed E-state index contributed by atoms with van der Waals surface area (Å²) < 4.78 is 0. The van der Waals surface area contributed by atoms with E-state index in [0.29, 0.717) is 17.1 Å². The summed E-state index contributed by atoms with van der Waals surface area (Å²) in [6.45, 7) is 12.8. The van der Waals surface area contributed by atoms with E-state index in [1.165, 1.54) is 38.8 Å². The number of rotatable bonds is 3. The molecule has 3 atom stereocenters. The lowest BCUT2D eigenvalue weighted by atomic mass is 9.68. The van der Waals surface area contributed by atoms with Crippen LogP contribution in [-0.2, 0) is 4.79 Å². The summed E-state index contributed by atoms with van der Waals surface area (Å²) in [5.41, 5.74) is 0.352. The summed E-state index contributed by atoms with van der Waals surface area (Å²) in [6, 6.07) is 0. The van der Waals surface area contributed by atoms with Gasteiger partial charge in [0.25, 0.3) is 0 Å². The van der Waals surface area contributed by atoms with Gasteiger partial charge in [-0.25, -0.2) is 0 Å². The number of ketones is 1. The molecule has 0 N–H and O–H groups in total. The van der Waals surface area contributed by atoms with Crippen molar-refractivity contribution in [2.75, 3.05) is 19.6 Å². The average molecular weight is 293 g/mol. The maximum atomic E-state index is 12.3. The highest BCUT2D eigenvalue weighted by Crippen LogP contribution is 2.39. The Morgan fingerprint density at radius 3 is 2.57 bits per heavy atom. The number of likely N-dealkylation sites (tertiary alicyclic amines) is 1. The number of hydrogen-bond acceptors (Lipinski definition) is 2. The lowest BCUT2D eigenvalue weighted by molar-refractivity contribution is -0.127. The van der Waals surface area contributed by atoms with Gasteiger partial charge in [-0.1, -0.05) is 34.1 Å². The van der Waals surface area contributed by atoms with Crippen molar-refractivity contribution in [1.82, 2.24) is 4.90 Å². The average Bonchev–Trinajstić information content (AvgIpc) is 2.65. The molecule has 1 saturated heterocycles. The van der Waals surface area contributed by atoms with E-state index in [2.05, 4.69) is 32.6 Å². The van der Waals surface area contributed by atoms with Gasteiger partial charge < -0.3 is 4.90 Å². The van der Waals surface area contributed by atoms with Gasteiger partial charge in [-0.05, 0) is 62.4 Å². The first kappa shape index (κ1) is 17.0. The van der Waals surface area contributed by atoms with Crippen LogP contribution in [0.3, 0.4) is 0 Å². The van der Waals surface area contributed by atoms with Gasteiger partial charge in [0.2, 0.25) is 0 Å². The zero-order chi connectivity index (χ0) is 15.5. The van der Waals surface area contributed by atoms with Gasteiger partial charge in [0.15, 0.2) is 0 Å². The smallest absolute Gasteiger partial charge is 0.137 e. The van der Waals surface area contributed by atoms with E-state index in [0.717, 1.165) is 37.6 Å². The van der Waals surface area contributed by atoms with Crippen molar-refractivity contribution in [2.45, 2.75) is 72.6 Å². The van der Waals surface area contributed by atoms with Crippen molar-refractivity contribution < 1.29 is 4.79 Å². The van der Waals surface area contributed by atoms with Crippen LogP contribution >= 0.6 is 0 Å². The van der Waals surface area contributed by atoms with E-state index in [1.807, 2.05) is 0 Å². The minimum atomic E-state index is 0.307. The second-order valence-electron chi connectivity index (χ2n) is 8.51. The molecule has 0 aromatic heterocycles. The summed E-state index contributed by atoms with van der Waals surface area (Å²) in [4.78, 5) is 14.9. The summed E-state index contributed by atoms with van der Waals surface area (Å²) in [5.74, 6) is 2.47. The van der Waals surface area contributed by atoms with Crippen LogP contribution in [0, 0.1) is 23.2 Å². The van der Waals surface area contributed by atoms with E-state index in [4.69, 9.17) is 0 Å². The molecule has 0 radical (unpaired) electrons. The fraction of sp³-hybridized carbons (Fsp3) is 0.947. The molecule has 3 unspecified atom stereocenters. The van der Waals surface area contributed by atoms with Gasteiger partial charge in [-0.2, -0.15) is 0 Å². The Balaban J connectivity index is 1.89. The molecule has 122 valence electrons. The molecule has 2 rings (SSSR count). The largest absolute Gasteiger partial charge is 0.303 e. The van der Waals surface area contributed by atoms with Crippen molar-refractivity contribution in [2.24, 2.45) is 23.2 Å². The maximum Gasteiger partial charge on any atom is 0.137 e. The molecular weight excluding hydrogens is 258 g/mol. The minimum absolute atomic E-state index is 0.307. The molecule has 1 aliphatic heterocycles. The Labute approximate surface area is 131 Å². The number of carbonyl (C=O) groups is 1. The van der Waals surface area contributed by atoms with Crippen LogP contribution < -0.4 is 0 Å². The molecule has 0 spiro atoms. The van der Waals surface area contributed by atoms with Crippen LogP contribution in [0.1, 0.15) is 72.6 Å². The fourth-order valence-electron chi connectivity index (χ4n) is 4.20. The Morgan fingerprint density at radius 1 is 1.14 bits per heavy atom. The first-order chi connectivity index (χ1) is 9.90. The van der Waals surface area contributed by atoms with Gasteiger partial charge in [0.1, 0.15) is 5.78 Å². The minimum Gasteiger partial charge on any atom is -0.303 e. The third-order valence-corrected chi connectivity index (χ3v) is 5.98. The Bertz CT molecular complexity index is 344. The normalized spacial score (nSPS) is 33.0. The summed E-state index contributed by atoms with van der Waals surface area (Å²) >= 11 is 0. The van der Waals surface area contributed by atoms with Gasteiger partial charge in [-0.15, -0.1) is 0 Å². The number of nitrogens with zero attached hydrogens (tertiary/aromatic N) is 1. The highest BCUT2D eigenvalue weighted by atomic mass is 16.1. The fourth-order valence-corrected chi connectivity index (χ4v) is 4.20. The van der Waals surface area contributed by atoms with Crippen molar-refractivity contribution >= 4 is 5.78 Å². The van der Waals surface area contributed by atoms with E-state index >= 15 is 0 Å². The molecule has 21 heavy (non-hydrogen) atoms. The first-order valence-corrected chi connectivity index (χ1v) is 9.15. The summed E-state index contributed by atoms with van der Waals surface area (Å²) in [6.07, 6.45) is 8.41. The molecular formula is C19H35NO. The van der Waals surface area contributed by atoms with Gasteiger partial charge >= 0.3 is 0 Å². The molecule has 0 aromatic rings. The quantitative estimate of drug-likeness (QED) is 0.762. The molecule has 2 fully saturated rings. The predicted octanol–water partition coefficient (Wildman–Crippen LogP) is 4.53. The van der Waals surface area contributed by atoms with Crippen LogP contribution in [0.5, 0.6) is 0 Å². The number of Topliss-reactive ketones (excluding diaryl/α,β-unsaturated/α-hetero) is 1. The summed E-state index contributed by atoms with van der Waals surface area (Å²) in [5, 5.41) is 0. The van der Waals surface area contributed by atoms with Crippen molar-refractivity contribution in [3.05, 3.63) is 0 Å². The van der Waals surface area contributed by atoms with Crippen molar-refractivity contribution in [3.63, 3.8) is 0 Å². The molecule has 0 aromatic carbocycles. The highest BCUT2D eigenvalue weighted by molar-refractivity contribution is 5.82. The van der Waals surface area contributed by atoms with Gasteiger partial charge in [0.05, 0.1) is 0 Å². The molecule has 0 bridgehead atoms. The molecule has 1 saturated carbocycles. The molecule has 1 heterocycles. The zero-order valence-electron chi connectivity index (χ0n) is 14.7. The number of hydrogen-bond donors (Lipinski definition) is 0. The van der Waals surface area contributed by atoms with Gasteiger partial charge in [0, 0.05) is 18.9 Å². The van der Waals surface area contributed by atoms with E-state index in [-0.39, 0.29) is 0 Å². The van der Waals surface area contributed by atoms with Crippen molar-refractivity contribution in [1.29, 1.82) is 0 Å². The standard InChI is InChI=1S/C19H35NO/c1-5-15-7-6-11-20(12-10-15)14-16-13-17(19(2,3)4)8-9-18(16)21/h15-17H,5-14H2,1-4H3. The lowest BCUT2D eigenvalue weighted by Gasteiger charge is -2.38. The Kier molecular flexibility index (Phi) is 5.88. The molecule has 2 heteroatoms.